The number of hydrogen-bond acceptors (Lipinski definition) is 3. The second-order valence-electron chi connectivity index (χ2n) is 4.02. The topological polar surface area (TPSA) is 39.2 Å². The van der Waals surface area contributed by atoms with Gasteiger partial charge in [-0.25, -0.2) is 4.79 Å². The lowest BCUT2D eigenvalue weighted by molar-refractivity contribution is 0.0211. The van der Waals surface area contributed by atoms with Crippen molar-refractivity contribution in [2.45, 2.75) is 38.2 Å². The maximum absolute atomic E-state index is 11.8. The van der Waals surface area contributed by atoms with Gasteiger partial charge in [-0.2, -0.15) is 0 Å². The Labute approximate surface area is 99.8 Å². The Morgan fingerprint density at radius 1 is 1.38 bits per heavy atom. The average Bonchev–Trinajstić information content (AvgIpc) is 2.31. The summed E-state index contributed by atoms with van der Waals surface area (Å²) in [6.45, 7) is 0. The predicted molar refractivity (Wildman–Crippen MR) is 61.5 cm³/mol. The van der Waals surface area contributed by atoms with Crippen molar-refractivity contribution in [3.05, 3.63) is 29.0 Å². The maximum Gasteiger partial charge on any atom is 0.341 e. The van der Waals surface area contributed by atoms with Crippen LogP contribution in [0.4, 0.5) is 0 Å². The van der Waals surface area contributed by atoms with Gasteiger partial charge in [0, 0.05) is 12.4 Å². The fourth-order valence-corrected chi connectivity index (χ4v) is 2.11. The van der Waals surface area contributed by atoms with Gasteiger partial charge in [0.15, 0.2) is 0 Å². The van der Waals surface area contributed by atoms with Gasteiger partial charge in [0.2, 0.25) is 0 Å². The summed E-state index contributed by atoms with van der Waals surface area (Å²) < 4.78 is 5.39. The Bertz CT molecular complexity index is 375. The Morgan fingerprint density at radius 3 is 2.81 bits per heavy atom. The number of pyridine rings is 1. The standard InChI is InChI=1S/C12H14ClNO2/c13-11-6-7-14-8-10(11)12(15)16-9-4-2-1-3-5-9/h6-9H,1-5H2. The van der Waals surface area contributed by atoms with Crippen molar-refractivity contribution in [3.8, 4) is 0 Å². The molecule has 0 N–H and O–H groups in total. The average molecular weight is 240 g/mol. The molecule has 0 aliphatic heterocycles. The number of ether oxygens (including phenoxy) is 1. The lowest BCUT2D eigenvalue weighted by Gasteiger charge is -2.21. The van der Waals surface area contributed by atoms with E-state index in [2.05, 4.69) is 4.98 Å². The van der Waals surface area contributed by atoms with E-state index in [0.717, 1.165) is 25.7 Å². The number of aromatic nitrogens is 1. The summed E-state index contributed by atoms with van der Waals surface area (Å²) in [5.41, 5.74) is 0.356. The van der Waals surface area contributed by atoms with Crippen molar-refractivity contribution in [3.63, 3.8) is 0 Å². The van der Waals surface area contributed by atoms with Gasteiger partial charge >= 0.3 is 5.97 Å². The van der Waals surface area contributed by atoms with E-state index in [9.17, 15) is 4.79 Å². The lowest BCUT2D eigenvalue weighted by Crippen LogP contribution is -2.21. The third-order valence-corrected chi connectivity index (χ3v) is 3.14. The molecule has 3 nitrogen and oxygen atoms in total. The van der Waals surface area contributed by atoms with E-state index in [0.29, 0.717) is 10.6 Å². The minimum Gasteiger partial charge on any atom is -0.459 e. The van der Waals surface area contributed by atoms with E-state index < -0.39 is 0 Å². The predicted octanol–water partition coefficient (Wildman–Crippen LogP) is 3.22. The van der Waals surface area contributed by atoms with Crippen molar-refractivity contribution in [1.82, 2.24) is 4.98 Å². The SMILES string of the molecule is O=C(OC1CCCCC1)c1cnccc1Cl. The number of hydrogen-bond donors (Lipinski definition) is 0. The molecular weight excluding hydrogens is 226 g/mol. The van der Waals surface area contributed by atoms with Gasteiger partial charge in [-0.15, -0.1) is 0 Å². The van der Waals surface area contributed by atoms with Crippen LogP contribution in [0.3, 0.4) is 0 Å². The minimum atomic E-state index is -0.356. The van der Waals surface area contributed by atoms with Gasteiger partial charge in [-0.05, 0) is 31.7 Å². The molecule has 1 saturated carbocycles. The summed E-state index contributed by atoms with van der Waals surface area (Å²) >= 11 is 5.90. The molecule has 0 spiro atoms. The van der Waals surface area contributed by atoms with Crippen LogP contribution in [-0.4, -0.2) is 17.1 Å². The summed E-state index contributed by atoms with van der Waals surface area (Å²) in [5.74, 6) is -0.356. The first kappa shape index (κ1) is 11.4. The molecule has 1 heterocycles. The van der Waals surface area contributed by atoms with Crippen LogP contribution in [0.1, 0.15) is 42.5 Å². The molecule has 0 amide bonds. The third-order valence-electron chi connectivity index (χ3n) is 2.81. The first-order valence-electron chi connectivity index (χ1n) is 5.58. The zero-order valence-electron chi connectivity index (χ0n) is 8.99. The van der Waals surface area contributed by atoms with Crippen LogP contribution in [-0.2, 0) is 4.74 Å². The van der Waals surface area contributed by atoms with Gasteiger partial charge in [0.05, 0.1) is 10.6 Å². The molecule has 1 aliphatic rings. The third kappa shape index (κ3) is 2.73. The number of carbonyl (C=O) groups excluding carboxylic acids is 1. The highest BCUT2D eigenvalue weighted by molar-refractivity contribution is 6.33. The summed E-state index contributed by atoms with van der Waals surface area (Å²) in [6.07, 6.45) is 8.50. The fraction of sp³-hybridized carbons (Fsp3) is 0.500. The van der Waals surface area contributed by atoms with E-state index in [-0.39, 0.29) is 12.1 Å². The second kappa shape index (κ2) is 5.30. The monoisotopic (exact) mass is 239 g/mol. The van der Waals surface area contributed by atoms with Crippen molar-refractivity contribution in [1.29, 1.82) is 0 Å². The summed E-state index contributed by atoms with van der Waals surface area (Å²) in [5, 5.41) is 0.399. The molecule has 2 rings (SSSR count). The van der Waals surface area contributed by atoms with Crippen LogP contribution < -0.4 is 0 Å². The molecule has 0 aromatic carbocycles. The quantitative estimate of drug-likeness (QED) is 0.744. The van der Waals surface area contributed by atoms with E-state index in [1.807, 2.05) is 0 Å². The Balaban J connectivity index is 2.00. The highest BCUT2D eigenvalue weighted by atomic mass is 35.5. The number of halogens is 1. The molecule has 86 valence electrons. The second-order valence-corrected chi connectivity index (χ2v) is 4.43. The van der Waals surface area contributed by atoms with Gasteiger partial charge in [0.1, 0.15) is 6.10 Å². The van der Waals surface area contributed by atoms with Crippen molar-refractivity contribution < 1.29 is 9.53 Å². The molecule has 16 heavy (non-hydrogen) atoms. The first-order valence-corrected chi connectivity index (χ1v) is 5.95. The van der Waals surface area contributed by atoms with Crippen molar-refractivity contribution in [2.24, 2.45) is 0 Å². The molecule has 1 aliphatic carbocycles. The molecule has 0 saturated heterocycles. The molecule has 0 unspecified atom stereocenters. The van der Waals surface area contributed by atoms with Crippen LogP contribution in [0.2, 0.25) is 5.02 Å². The number of carbonyl (C=O) groups is 1. The normalized spacial score (nSPS) is 17.1. The van der Waals surface area contributed by atoms with Crippen LogP contribution in [0, 0.1) is 0 Å². The number of rotatable bonds is 2. The summed E-state index contributed by atoms with van der Waals surface area (Å²) in [6, 6.07) is 1.60. The summed E-state index contributed by atoms with van der Waals surface area (Å²) in [7, 11) is 0. The van der Waals surface area contributed by atoms with Gasteiger partial charge in [-0.3, -0.25) is 4.98 Å². The first-order chi connectivity index (χ1) is 7.77. The van der Waals surface area contributed by atoms with Gasteiger partial charge < -0.3 is 4.74 Å². The molecule has 0 bridgehead atoms. The highest BCUT2D eigenvalue weighted by Crippen LogP contribution is 2.22. The minimum absolute atomic E-state index is 0.0533. The molecular formula is C12H14ClNO2. The van der Waals surface area contributed by atoms with Crippen LogP contribution in [0.25, 0.3) is 0 Å². The highest BCUT2D eigenvalue weighted by Gasteiger charge is 2.20. The fourth-order valence-electron chi connectivity index (χ4n) is 1.93. The van der Waals surface area contributed by atoms with Gasteiger partial charge in [0.25, 0.3) is 0 Å². The van der Waals surface area contributed by atoms with E-state index >= 15 is 0 Å². The lowest BCUT2D eigenvalue weighted by atomic mass is 9.98. The Kier molecular flexibility index (Phi) is 3.78. The molecule has 1 aromatic heterocycles. The maximum atomic E-state index is 11.8. The Hall–Kier alpha value is -1.09. The van der Waals surface area contributed by atoms with Crippen LogP contribution in [0.15, 0.2) is 18.5 Å². The van der Waals surface area contributed by atoms with Crippen LogP contribution >= 0.6 is 11.6 Å². The number of nitrogens with zero attached hydrogens (tertiary/aromatic N) is 1. The number of esters is 1. The smallest absolute Gasteiger partial charge is 0.341 e. The molecule has 0 atom stereocenters. The van der Waals surface area contributed by atoms with Gasteiger partial charge in [-0.1, -0.05) is 18.0 Å². The van der Waals surface area contributed by atoms with E-state index in [1.54, 1.807) is 12.3 Å². The van der Waals surface area contributed by atoms with Crippen molar-refractivity contribution >= 4 is 17.6 Å². The molecule has 4 heteroatoms. The zero-order valence-corrected chi connectivity index (χ0v) is 9.74. The van der Waals surface area contributed by atoms with E-state index in [4.69, 9.17) is 16.3 Å². The molecule has 1 fully saturated rings. The van der Waals surface area contributed by atoms with E-state index in [1.165, 1.54) is 12.6 Å². The van der Waals surface area contributed by atoms with Crippen LogP contribution in [0.5, 0.6) is 0 Å². The Morgan fingerprint density at radius 2 is 2.12 bits per heavy atom. The molecule has 0 radical (unpaired) electrons. The molecule has 1 aromatic rings. The summed E-state index contributed by atoms with van der Waals surface area (Å²) in [4.78, 5) is 15.7. The van der Waals surface area contributed by atoms with Crippen molar-refractivity contribution in [2.75, 3.05) is 0 Å². The largest absolute Gasteiger partial charge is 0.459 e. The zero-order chi connectivity index (χ0) is 11.4.